The second-order valence-electron chi connectivity index (χ2n) is 6.25. The Hall–Kier alpha value is -1.59. The van der Waals surface area contributed by atoms with Crippen molar-refractivity contribution in [2.24, 2.45) is 0 Å². The number of nitrogens with one attached hydrogen (secondary N) is 2. The van der Waals surface area contributed by atoms with Crippen molar-refractivity contribution in [3.8, 4) is 0 Å². The smallest absolute Gasteiger partial charge is 0.201 e. The second-order valence-corrected chi connectivity index (χ2v) is 6.25. The molecule has 2 unspecified atom stereocenters. The molecule has 0 aliphatic carbocycles. The van der Waals surface area contributed by atoms with E-state index in [4.69, 9.17) is 4.74 Å². The molecule has 22 heavy (non-hydrogen) atoms. The van der Waals surface area contributed by atoms with Crippen LogP contribution in [0.15, 0.2) is 24.3 Å². The van der Waals surface area contributed by atoms with Gasteiger partial charge in [0, 0.05) is 19.6 Å². The number of nitrogens with zero attached hydrogens (tertiary/aromatic N) is 2. The van der Waals surface area contributed by atoms with Crippen molar-refractivity contribution in [1.82, 2.24) is 14.9 Å². The van der Waals surface area contributed by atoms with Crippen LogP contribution in [0.25, 0.3) is 11.0 Å². The summed E-state index contributed by atoms with van der Waals surface area (Å²) in [6.45, 7) is 8.54. The highest BCUT2D eigenvalue weighted by atomic mass is 16.5. The lowest BCUT2D eigenvalue weighted by molar-refractivity contribution is -0.0681. The van der Waals surface area contributed by atoms with Crippen molar-refractivity contribution >= 4 is 17.0 Å². The lowest BCUT2D eigenvalue weighted by Crippen LogP contribution is -2.45. The van der Waals surface area contributed by atoms with Crippen LogP contribution in [-0.4, -0.2) is 53.3 Å². The minimum atomic E-state index is 0.359. The summed E-state index contributed by atoms with van der Waals surface area (Å²) in [5.74, 6) is 0.870. The Labute approximate surface area is 132 Å². The van der Waals surface area contributed by atoms with Crippen molar-refractivity contribution in [2.75, 3.05) is 31.5 Å². The molecular weight excluding hydrogens is 276 g/mol. The van der Waals surface area contributed by atoms with E-state index in [1.807, 2.05) is 24.3 Å². The van der Waals surface area contributed by atoms with Gasteiger partial charge < -0.3 is 15.0 Å². The third-order valence-electron chi connectivity index (χ3n) is 4.08. The first kappa shape index (κ1) is 15.3. The second kappa shape index (κ2) is 7.11. The number of hydrogen-bond donors (Lipinski definition) is 2. The van der Waals surface area contributed by atoms with Gasteiger partial charge in [-0.1, -0.05) is 12.1 Å². The summed E-state index contributed by atoms with van der Waals surface area (Å²) in [6.07, 6.45) is 3.07. The van der Waals surface area contributed by atoms with Crippen LogP contribution in [-0.2, 0) is 4.74 Å². The Balaban J connectivity index is 1.37. The summed E-state index contributed by atoms with van der Waals surface area (Å²) < 4.78 is 5.76. The molecule has 120 valence electrons. The molecule has 5 heteroatoms. The zero-order chi connectivity index (χ0) is 15.4. The predicted octanol–water partition coefficient (Wildman–Crippen LogP) is 2.86. The number of fused-ring (bicyclic) bond motifs is 1. The zero-order valence-corrected chi connectivity index (χ0v) is 13.5. The van der Waals surface area contributed by atoms with Crippen molar-refractivity contribution in [1.29, 1.82) is 0 Å². The van der Waals surface area contributed by atoms with Gasteiger partial charge in [-0.25, -0.2) is 4.98 Å². The van der Waals surface area contributed by atoms with Gasteiger partial charge in [0.1, 0.15) is 0 Å². The fourth-order valence-corrected chi connectivity index (χ4v) is 3.17. The molecule has 3 rings (SSSR count). The number of rotatable bonds is 6. The average Bonchev–Trinajstić information content (AvgIpc) is 2.88. The molecule has 5 nitrogen and oxygen atoms in total. The molecule has 1 aliphatic heterocycles. The van der Waals surface area contributed by atoms with Crippen LogP contribution in [0.3, 0.4) is 0 Å². The van der Waals surface area contributed by atoms with E-state index in [0.29, 0.717) is 12.2 Å². The molecule has 2 atom stereocenters. The molecule has 2 aromatic rings. The van der Waals surface area contributed by atoms with Crippen molar-refractivity contribution in [3.05, 3.63) is 24.3 Å². The van der Waals surface area contributed by atoms with Crippen molar-refractivity contribution in [3.63, 3.8) is 0 Å². The van der Waals surface area contributed by atoms with Crippen LogP contribution in [0.2, 0.25) is 0 Å². The number of imidazole rings is 1. The summed E-state index contributed by atoms with van der Waals surface area (Å²) >= 11 is 0. The monoisotopic (exact) mass is 302 g/mol. The highest BCUT2D eigenvalue weighted by molar-refractivity contribution is 5.77. The highest BCUT2D eigenvalue weighted by Gasteiger charge is 2.21. The van der Waals surface area contributed by atoms with E-state index in [0.717, 1.165) is 49.6 Å². The summed E-state index contributed by atoms with van der Waals surface area (Å²) in [5.41, 5.74) is 2.10. The first-order chi connectivity index (χ1) is 10.7. The summed E-state index contributed by atoms with van der Waals surface area (Å²) in [4.78, 5) is 10.3. The minimum Gasteiger partial charge on any atom is -0.373 e. The Kier molecular flexibility index (Phi) is 4.95. The van der Waals surface area contributed by atoms with E-state index in [-0.39, 0.29) is 0 Å². The molecule has 0 bridgehead atoms. The number of unbranched alkanes of at least 4 members (excludes halogenated alkanes) is 1. The van der Waals surface area contributed by atoms with E-state index >= 15 is 0 Å². The summed E-state index contributed by atoms with van der Waals surface area (Å²) in [6, 6.07) is 8.11. The maximum Gasteiger partial charge on any atom is 0.201 e. The Morgan fingerprint density at radius 1 is 1.23 bits per heavy atom. The Morgan fingerprint density at radius 3 is 2.77 bits per heavy atom. The maximum absolute atomic E-state index is 5.76. The molecule has 1 aromatic carbocycles. The number of benzene rings is 1. The first-order valence-corrected chi connectivity index (χ1v) is 8.27. The number of aromatic amines is 1. The SMILES string of the molecule is CC1CN(CCCCNc2nc3ccccc3[nH]2)CC(C)O1. The third-order valence-corrected chi connectivity index (χ3v) is 4.08. The Morgan fingerprint density at radius 2 is 2.00 bits per heavy atom. The van der Waals surface area contributed by atoms with Gasteiger partial charge in [0.25, 0.3) is 0 Å². The van der Waals surface area contributed by atoms with Gasteiger partial charge in [-0.2, -0.15) is 0 Å². The van der Waals surface area contributed by atoms with Crippen molar-refractivity contribution in [2.45, 2.75) is 38.9 Å². The van der Waals surface area contributed by atoms with Crippen LogP contribution >= 0.6 is 0 Å². The number of anilines is 1. The third kappa shape index (κ3) is 3.99. The summed E-state index contributed by atoms with van der Waals surface area (Å²) in [7, 11) is 0. The predicted molar refractivity (Wildman–Crippen MR) is 90.3 cm³/mol. The fraction of sp³-hybridized carbons (Fsp3) is 0.588. The average molecular weight is 302 g/mol. The molecule has 1 saturated heterocycles. The molecule has 2 N–H and O–H groups in total. The molecular formula is C17H26N4O. The standard InChI is InChI=1S/C17H26N4O/c1-13-11-21(12-14(2)22-13)10-6-5-9-18-17-19-15-7-3-4-8-16(15)20-17/h3-4,7-8,13-14H,5-6,9-12H2,1-2H3,(H2,18,19,20). The number of ether oxygens (including phenoxy) is 1. The molecule has 0 spiro atoms. The number of aromatic nitrogens is 2. The topological polar surface area (TPSA) is 53.2 Å². The lowest BCUT2D eigenvalue weighted by atomic mass is 10.2. The van der Waals surface area contributed by atoms with E-state index < -0.39 is 0 Å². The molecule has 1 aromatic heterocycles. The van der Waals surface area contributed by atoms with Gasteiger partial charge in [0.05, 0.1) is 23.2 Å². The Bertz CT molecular complexity index is 554. The molecule has 2 heterocycles. The van der Waals surface area contributed by atoms with Gasteiger partial charge in [-0.05, 0) is 45.4 Å². The van der Waals surface area contributed by atoms with E-state index in [2.05, 4.69) is 34.0 Å². The van der Waals surface area contributed by atoms with E-state index in [1.165, 1.54) is 6.42 Å². The van der Waals surface area contributed by atoms with Crippen molar-refractivity contribution < 1.29 is 4.74 Å². The van der Waals surface area contributed by atoms with Crippen LogP contribution in [0.1, 0.15) is 26.7 Å². The van der Waals surface area contributed by atoms with Gasteiger partial charge >= 0.3 is 0 Å². The van der Waals surface area contributed by atoms with Crippen LogP contribution in [0.5, 0.6) is 0 Å². The normalized spacial score (nSPS) is 23.0. The zero-order valence-electron chi connectivity index (χ0n) is 13.5. The quantitative estimate of drug-likeness (QED) is 0.806. The number of hydrogen-bond acceptors (Lipinski definition) is 4. The van der Waals surface area contributed by atoms with Gasteiger partial charge in [-0.3, -0.25) is 4.90 Å². The molecule has 1 aliphatic rings. The van der Waals surface area contributed by atoms with E-state index in [9.17, 15) is 0 Å². The molecule has 1 fully saturated rings. The lowest BCUT2D eigenvalue weighted by Gasteiger charge is -2.35. The van der Waals surface area contributed by atoms with Gasteiger partial charge in [0.15, 0.2) is 0 Å². The molecule has 0 amide bonds. The van der Waals surface area contributed by atoms with Crippen LogP contribution in [0, 0.1) is 0 Å². The summed E-state index contributed by atoms with van der Waals surface area (Å²) in [5, 5.41) is 3.38. The number of para-hydroxylation sites is 2. The number of morpholine rings is 1. The van der Waals surface area contributed by atoms with Gasteiger partial charge in [-0.15, -0.1) is 0 Å². The fourth-order valence-electron chi connectivity index (χ4n) is 3.17. The first-order valence-electron chi connectivity index (χ1n) is 8.27. The van der Waals surface area contributed by atoms with Gasteiger partial charge in [0.2, 0.25) is 5.95 Å². The number of H-pyrrole nitrogens is 1. The largest absolute Gasteiger partial charge is 0.373 e. The molecule has 0 saturated carbocycles. The van der Waals surface area contributed by atoms with Crippen LogP contribution in [0.4, 0.5) is 5.95 Å². The molecule has 0 radical (unpaired) electrons. The van der Waals surface area contributed by atoms with E-state index in [1.54, 1.807) is 0 Å². The van der Waals surface area contributed by atoms with Crippen LogP contribution < -0.4 is 5.32 Å². The maximum atomic E-state index is 5.76. The minimum absolute atomic E-state index is 0.359. The highest BCUT2D eigenvalue weighted by Crippen LogP contribution is 2.14.